The van der Waals surface area contributed by atoms with Crippen molar-refractivity contribution in [2.45, 2.75) is 25.9 Å². The van der Waals surface area contributed by atoms with Gasteiger partial charge in [0.05, 0.1) is 12.2 Å². The molecule has 21 heavy (non-hydrogen) atoms. The summed E-state index contributed by atoms with van der Waals surface area (Å²) in [6.07, 6.45) is 0. The second-order valence-electron chi connectivity index (χ2n) is 5.30. The third kappa shape index (κ3) is 2.16. The van der Waals surface area contributed by atoms with Crippen molar-refractivity contribution in [1.82, 2.24) is 9.78 Å². The number of amidine groups is 1. The Labute approximate surface area is 128 Å². The molecule has 2 heterocycles. The average Bonchev–Trinajstić information content (AvgIpc) is 2.67. The molecule has 110 valence electrons. The zero-order valence-corrected chi connectivity index (χ0v) is 13.1. The third-order valence-corrected chi connectivity index (χ3v) is 4.12. The fourth-order valence-corrected chi connectivity index (χ4v) is 2.98. The molecule has 0 amide bonds. The molecule has 1 aliphatic rings. The first-order chi connectivity index (χ1) is 9.82. The van der Waals surface area contributed by atoms with Crippen molar-refractivity contribution in [2.24, 2.45) is 10.7 Å². The monoisotopic (exact) mass is 354 g/mol. The molecule has 0 radical (unpaired) electrons. The number of halogens is 3. The fourth-order valence-electron chi connectivity index (χ4n) is 2.62. The smallest absolute Gasteiger partial charge is 0.175 e. The molecule has 0 saturated carbocycles. The maximum absolute atomic E-state index is 14.2. The van der Waals surface area contributed by atoms with Crippen molar-refractivity contribution < 1.29 is 8.78 Å². The highest BCUT2D eigenvalue weighted by atomic mass is 79.9. The summed E-state index contributed by atoms with van der Waals surface area (Å²) in [5.41, 5.74) is 5.75. The van der Waals surface area contributed by atoms with E-state index in [4.69, 9.17) is 5.73 Å². The first-order valence-electron chi connectivity index (χ1n) is 6.36. The summed E-state index contributed by atoms with van der Waals surface area (Å²) in [6.45, 7) is 3.54. The first-order valence-corrected chi connectivity index (χ1v) is 7.15. The summed E-state index contributed by atoms with van der Waals surface area (Å²) < 4.78 is 30.3. The van der Waals surface area contributed by atoms with Gasteiger partial charge in [-0.25, -0.2) is 8.78 Å². The molecule has 0 fully saturated rings. The lowest BCUT2D eigenvalue weighted by Crippen LogP contribution is -2.38. The number of rotatable bonds is 1. The van der Waals surface area contributed by atoms with E-state index >= 15 is 0 Å². The van der Waals surface area contributed by atoms with E-state index in [1.165, 1.54) is 10.7 Å². The van der Waals surface area contributed by atoms with Crippen LogP contribution in [0.1, 0.15) is 23.9 Å². The van der Waals surface area contributed by atoms with E-state index in [2.05, 4.69) is 26.0 Å². The summed E-state index contributed by atoms with van der Waals surface area (Å²) in [7, 11) is 0. The van der Waals surface area contributed by atoms with Gasteiger partial charge >= 0.3 is 0 Å². The molecule has 2 aromatic rings. The van der Waals surface area contributed by atoms with Crippen LogP contribution in [0.25, 0.3) is 0 Å². The van der Waals surface area contributed by atoms with Crippen LogP contribution < -0.4 is 5.73 Å². The molecule has 2 N–H and O–H groups in total. The van der Waals surface area contributed by atoms with E-state index in [-0.39, 0.29) is 29.6 Å². The van der Waals surface area contributed by atoms with Gasteiger partial charge in [0, 0.05) is 10.0 Å². The minimum absolute atomic E-state index is 0.0289. The Bertz CT molecular complexity index is 769. The van der Waals surface area contributed by atoms with Crippen LogP contribution in [0.5, 0.6) is 0 Å². The van der Waals surface area contributed by atoms with Crippen LogP contribution in [0, 0.1) is 18.6 Å². The van der Waals surface area contributed by atoms with Gasteiger partial charge in [0.2, 0.25) is 0 Å². The highest BCUT2D eigenvalue weighted by molar-refractivity contribution is 9.10. The number of nitrogens with two attached hydrogens (primary N) is 1. The molecule has 1 aromatic heterocycles. The van der Waals surface area contributed by atoms with E-state index in [1.807, 2.05) is 0 Å². The lowest BCUT2D eigenvalue weighted by molar-refractivity contribution is 0.361. The van der Waals surface area contributed by atoms with Gasteiger partial charge in [0.25, 0.3) is 0 Å². The van der Waals surface area contributed by atoms with E-state index in [9.17, 15) is 8.78 Å². The molecule has 1 unspecified atom stereocenters. The predicted molar refractivity (Wildman–Crippen MR) is 79.1 cm³/mol. The minimum Gasteiger partial charge on any atom is -0.382 e. The highest BCUT2D eigenvalue weighted by Crippen LogP contribution is 2.35. The summed E-state index contributed by atoms with van der Waals surface area (Å²) in [6, 6.07) is 4.63. The topological polar surface area (TPSA) is 56.2 Å². The van der Waals surface area contributed by atoms with Crippen molar-refractivity contribution in [2.75, 3.05) is 0 Å². The van der Waals surface area contributed by atoms with Crippen LogP contribution in [0.3, 0.4) is 0 Å². The van der Waals surface area contributed by atoms with Crippen molar-refractivity contribution in [3.63, 3.8) is 0 Å². The molecular weight excluding hydrogens is 342 g/mol. The molecule has 0 saturated heterocycles. The molecule has 3 rings (SSSR count). The van der Waals surface area contributed by atoms with Gasteiger partial charge in [-0.15, -0.1) is 0 Å². The van der Waals surface area contributed by atoms with E-state index in [0.717, 1.165) is 4.47 Å². The predicted octanol–water partition coefficient (Wildman–Crippen LogP) is 2.87. The van der Waals surface area contributed by atoms with Gasteiger partial charge < -0.3 is 5.73 Å². The van der Waals surface area contributed by atoms with Crippen molar-refractivity contribution in [3.05, 3.63) is 51.3 Å². The molecule has 1 atom stereocenters. The number of benzene rings is 1. The fraction of sp³-hybridized carbons (Fsp3) is 0.286. The number of hydrogen-bond donors (Lipinski definition) is 1. The second-order valence-corrected chi connectivity index (χ2v) is 6.22. The van der Waals surface area contributed by atoms with Crippen LogP contribution in [0.2, 0.25) is 0 Å². The number of aromatic nitrogens is 2. The summed E-state index contributed by atoms with van der Waals surface area (Å²) in [4.78, 5) is 4.33. The SMILES string of the molecule is Cc1nn2c(c1F)C(N)=NC(C)(c1cc(Br)ccc1F)C2. The summed E-state index contributed by atoms with van der Waals surface area (Å²) >= 11 is 3.32. The first kappa shape index (κ1) is 14.2. The molecule has 0 aliphatic carbocycles. The maximum atomic E-state index is 14.2. The number of hydrogen-bond acceptors (Lipinski definition) is 3. The number of aryl methyl sites for hydroxylation is 1. The molecule has 1 aliphatic heterocycles. The minimum atomic E-state index is -0.935. The van der Waals surface area contributed by atoms with Crippen LogP contribution in [0.15, 0.2) is 27.7 Å². The zero-order valence-electron chi connectivity index (χ0n) is 11.5. The largest absolute Gasteiger partial charge is 0.382 e. The summed E-state index contributed by atoms with van der Waals surface area (Å²) in [5, 5.41) is 4.12. The molecule has 1 aromatic carbocycles. The van der Waals surface area contributed by atoms with Gasteiger partial charge in [-0.05, 0) is 32.0 Å². The van der Waals surface area contributed by atoms with E-state index < -0.39 is 11.4 Å². The van der Waals surface area contributed by atoms with Gasteiger partial charge in [0.15, 0.2) is 5.82 Å². The Kier molecular flexibility index (Phi) is 3.12. The Morgan fingerprint density at radius 3 is 2.81 bits per heavy atom. The molecule has 0 bridgehead atoms. The maximum Gasteiger partial charge on any atom is 0.175 e. The molecular formula is C14H13BrF2N4. The van der Waals surface area contributed by atoms with Gasteiger partial charge in [-0.2, -0.15) is 5.10 Å². The Balaban J connectivity index is 2.17. The quantitative estimate of drug-likeness (QED) is 0.855. The molecule has 4 nitrogen and oxygen atoms in total. The van der Waals surface area contributed by atoms with Crippen LogP contribution in [0.4, 0.5) is 8.78 Å². The van der Waals surface area contributed by atoms with Crippen LogP contribution in [-0.4, -0.2) is 15.6 Å². The number of aliphatic imine (C=N–C) groups is 1. The van der Waals surface area contributed by atoms with Crippen molar-refractivity contribution >= 4 is 21.8 Å². The average molecular weight is 355 g/mol. The zero-order chi connectivity index (χ0) is 15.4. The van der Waals surface area contributed by atoms with E-state index in [0.29, 0.717) is 5.56 Å². The van der Waals surface area contributed by atoms with Crippen molar-refractivity contribution in [3.8, 4) is 0 Å². The Morgan fingerprint density at radius 2 is 2.10 bits per heavy atom. The molecule has 7 heteroatoms. The Hall–Kier alpha value is -1.76. The van der Waals surface area contributed by atoms with Crippen LogP contribution >= 0.6 is 15.9 Å². The van der Waals surface area contributed by atoms with Gasteiger partial charge in [-0.3, -0.25) is 9.67 Å². The normalized spacial score (nSPS) is 21.1. The molecule has 0 spiro atoms. The number of fused-ring (bicyclic) bond motifs is 1. The Morgan fingerprint density at radius 1 is 1.38 bits per heavy atom. The van der Waals surface area contributed by atoms with Gasteiger partial charge in [-0.1, -0.05) is 15.9 Å². The lowest BCUT2D eigenvalue weighted by atomic mass is 9.91. The highest BCUT2D eigenvalue weighted by Gasteiger charge is 2.37. The standard InChI is InChI=1S/C14H13BrF2N4/c1-7-11(17)12-13(18)19-14(2,6-21(12)20-7)9-5-8(15)3-4-10(9)16/h3-5H,6H2,1-2H3,(H2,18,19). The lowest BCUT2D eigenvalue weighted by Gasteiger charge is -2.31. The summed E-state index contributed by atoms with van der Waals surface area (Å²) in [5.74, 6) is -0.834. The number of nitrogens with zero attached hydrogens (tertiary/aromatic N) is 3. The van der Waals surface area contributed by atoms with Crippen LogP contribution in [-0.2, 0) is 12.1 Å². The second kappa shape index (κ2) is 4.62. The van der Waals surface area contributed by atoms with E-state index in [1.54, 1.807) is 26.0 Å². The van der Waals surface area contributed by atoms with Gasteiger partial charge in [0.1, 0.15) is 22.9 Å². The third-order valence-electron chi connectivity index (χ3n) is 3.63. The van der Waals surface area contributed by atoms with Crippen molar-refractivity contribution in [1.29, 1.82) is 0 Å².